The van der Waals surface area contributed by atoms with Crippen molar-refractivity contribution < 1.29 is 14.0 Å². The van der Waals surface area contributed by atoms with E-state index in [9.17, 15) is 9.59 Å². The van der Waals surface area contributed by atoms with Crippen molar-refractivity contribution in [3.8, 4) is 0 Å². The van der Waals surface area contributed by atoms with Crippen molar-refractivity contribution in [3.63, 3.8) is 0 Å². The summed E-state index contributed by atoms with van der Waals surface area (Å²) in [6.45, 7) is 3.16. The maximum absolute atomic E-state index is 11.6. The average Bonchev–Trinajstić information content (AvgIpc) is 2.75. The lowest BCUT2D eigenvalue weighted by Gasteiger charge is -2.06. The third-order valence-corrected chi connectivity index (χ3v) is 2.37. The number of aryl methyl sites for hydroxylation is 1. The smallest absolute Gasteiger partial charge is 0.287 e. The van der Waals surface area contributed by atoms with Gasteiger partial charge in [0.15, 0.2) is 5.76 Å². The number of carbonyl (C=O) groups excluding carboxylic acids is 2. The fraction of sp³-hybridized carbons (Fsp3) is 0.500. The van der Waals surface area contributed by atoms with Crippen LogP contribution in [-0.4, -0.2) is 38.5 Å². The largest absolute Gasteiger partial charge is 0.459 e. The molecular weight excluding hydrogens is 270 g/mol. The molecule has 6 nitrogen and oxygen atoms in total. The number of halogens is 1. The summed E-state index contributed by atoms with van der Waals surface area (Å²) in [6, 6.07) is 1.74. The Kier molecular flexibility index (Phi) is 8.65. The first-order valence-electron chi connectivity index (χ1n) is 5.88. The highest BCUT2D eigenvalue weighted by molar-refractivity contribution is 5.92. The molecule has 2 amide bonds. The number of furan rings is 1. The monoisotopic (exact) mass is 289 g/mol. The molecule has 0 aliphatic heterocycles. The molecule has 1 heterocycles. The molecule has 1 rings (SSSR count). The Labute approximate surface area is 118 Å². The SMILES string of the molecule is CNCC(=O)NCCCNC(=O)c1occc1C.Cl. The zero-order valence-electron chi connectivity index (χ0n) is 11.1. The first-order valence-corrected chi connectivity index (χ1v) is 5.88. The van der Waals surface area contributed by atoms with Crippen LogP contribution in [0.25, 0.3) is 0 Å². The van der Waals surface area contributed by atoms with Crippen LogP contribution in [0.5, 0.6) is 0 Å². The van der Waals surface area contributed by atoms with Crippen molar-refractivity contribution in [2.75, 3.05) is 26.7 Å². The summed E-state index contributed by atoms with van der Waals surface area (Å²) >= 11 is 0. The molecule has 0 unspecified atom stereocenters. The molecular formula is C12H20ClN3O3. The van der Waals surface area contributed by atoms with Gasteiger partial charge < -0.3 is 20.4 Å². The zero-order chi connectivity index (χ0) is 13.4. The van der Waals surface area contributed by atoms with Crippen molar-refractivity contribution >= 4 is 24.2 Å². The summed E-state index contributed by atoms with van der Waals surface area (Å²) < 4.78 is 5.06. The van der Waals surface area contributed by atoms with Crippen LogP contribution in [0.1, 0.15) is 22.5 Å². The van der Waals surface area contributed by atoms with Gasteiger partial charge in [0.05, 0.1) is 12.8 Å². The number of amides is 2. The van der Waals surface area contributed by atoms with Crippen molar-refractivity contribution in [1.29, 1.82) is 0 Å². The van der Waals surface area contributed by atoms with E-state index in [1.165, 1.54) is 6.26 Å². The minimum absolute atomic E-state index is 0. The third kappa shape index (κ3) is 6.26. The molecule has 0 aliphatic carbocycles. The normalized spacial score (nSPS) is 9.58. The molecule has 3 N–H and O–H groups in total. The fourth-order valence-electron chi connectivity index (χ4n) is 1.43. The van der Waals surface area contributed by atoms with Gasteiger partial charge in [0.2, 0.25) is 5.91 Å². The quantitative estimate of drug-likeness (QED) is 0.637. The van der Waals surface area contributed by atoms with Crippen LogP contribution in [0.15, 0.2) is 16.7 Å². The van der Waals surface area contributed by atoms with Gasteiger partial charge in [-0.1, -0.05) is 0 Å². The Morgan fingerprint density at radius 3 is 2.53 bits per heavy atom. The molecule has 7 heteroatoms. The van der Waals surface area contributed by atoms with Gasteiger partial charge >= 0.3 is 0 Å². The molecule has 1 aromatic heterocycles. The summed E-state index contributed by atoms with van der Waals surface area (Å²) in [5.74, 6) is 0.0685. The van der Waals surface area contributed by atoms with Gasteiger partial charge in [-0.05, 0) is 26.5 Å². The van der Waals surface area contributed by atoms with E-state index >= 15 is 0 Å². The topological polar surface area (TPSA) is 83.4 Å². The second-order valence-corrected chi connectivity index (χ2v) is 3.92. The van der Waals surface area contributed by atoms with E-state index in [1.807, 2.05) is 6.92 Å². The van der Waals surface area contributed by atoms with E-state index in [1.54, 1.807) is 13.1 Å². The Hall–Kier alpha value is -1.53. The maximum atomic E-state index is 11.6. The molecule has 0 spiro atoms. The molecule has 0 radical (unpaired) electrons. The minimum Gasteiger partial charge on any atom is -0.459 e. The van der Waals surface area contributed by atoms with Crippen molar-refractivity contribution in [2.45, 2.75) is 13.3 Å². The van der Waals surface area contributed by atoms with Crippen LogP contribution in [-0.2, 0) is 4.79 Å². The van der Waals surface area contributed by atoms with Gasteiger partial charge in [0.1, 0.15) is 0 Å². The molecule has 19 heavy (non-hydrogen) atoms. The summed E-state index contributed by atoms with van der Waals surface area (Å²) in [5.41, 5.74) is 0.815. The van der Waals surface area contributed by atoms with Crippen LogP contribution in [0.3, 0.4) is 0 Å². The number of hydrogen-bond donors (Lipinski definition) is 3. The van der Waals surface area contributed by atoms with Crippen LogP contribution < -0.4 is 16.0 Å². The lowest BCUT2D eigenvalue weighted by atomic mass is 10.2. The lowest BCUT2D eigenvalue weighted by Crippen LogP contribution is -2.34. The molecule has 0 saturated heterocycles. The van der Waals surface area contributed by atoms with Crippen LogP contribution in [0, 0.1) is 6.92 Å². The standard InChI is InChI=1S/C12H19N3O3.ClH/c1-9-4-7-18-11(9)12(17)15-6-3-5-14-10(16)8-13-2;/h4,7,13H,3,5-6,8H2,1-2H3,(H,14,16)(H,15,17);1H. The highest BCUT2D eigenvalue weighted by Gasteiger charge is 2.11. The molecule has 0 aromatic carbocycles. The van der Waals surface area contributed by atoms with Gasteiger partial charge in [-0.25, -0.2) is 0 Å². The highest BCUT2D eigenvalue weighted by Crippen LogP contribution is 2.07. The van der Waals surface area contributed by atoms with Gasteiger partial charge in [-0.3, -0.25) is 9.59 Å². The van der Waals surface area contributed by atoms with E-state index in [0.29, 0.717) is 31.8 Å². The van der Waals surface area contributed by atoms with Crippen molar-refractivity contribution in [2.24, 2.45) is 0 Å². The predicted octanol–water partition coefficient (Wildman–Crippen LogP) is 0.465. The second kappa shape index (κ2) is 9.41. The molecule has 108 valence electrons. The van der Waals surface area contributed by atoms with E-state index < -0.39 is 0 Å². The second-order valence-electron chi connectivity index (χ2n) is 3.92. The van der Waals surface area contributed by atoms with Crippen LogP contribution >= 0.6 is 12.4 Å². The number of rotatable bonds is 7. The van der Waals surface area contributed by atoms with Crippen LogP contribution in [0.2, 0.25) is 0 Å². The molecule has 0 saturated carbocycles. The zero-order valence-corrected chi connectivity index (χ0v) is 11.9. The number of nitrogens with one attached hydrogen (secondary N) is 3. The van der Waals surface area contributed by atoms with Crippen molar-refractivity contribution in [1.82, 2.24) is 16.0 Å². The maximum Gasteiger partial charge on any atom is 0.287 e. The van der Waals surface area contributed by atoms with E-state index in [4.69, 9.17) is 4.42 Å². The first-order chi connectivity index (χ1) is 8.65. The molecule has 0 bridgehead atoms. The molecule has 0 atom stereocenters. The number of likely N-dealkylation sites (N-methyl/N-ethyl adjacent to an activating group) is 1. The minimum atomic E-state index is -0.223. The van der Waals surface area contributed by atoms with Gasteiger partial charge in [-0.15, -0.1) is 12.4 Å². The van der Waals surface area contributed by atoms with Crippen molar-refractivity contribution in [3.05, 3.63) is 23.7 Å². The summed E-state index contributed by atoms with van der Waals surface area (Å²) in [5, 5.41) is 8.22. The number of hydrogen-bond acceptors (Lipinski definition) is 4. The first kappa shape index (κ1) is 17.5. The third-order valence-electron chi connectivity index (χ3n) is 2.37. The van der Waals surface area contributed by atoms with Gasteiger partial charge in [0.25, 0.3) is 5.91 Å². The van der Waals surface area contributed by atoms with E-state index in [0.717, 1.165) is 5.56 Å². The average molecular weight is 290 g/mol. The molecule has 1 aromatic rings. The Bertz CT molecular complexity index is 407. The predicted molar refractivity (Wildman–Crippen MR) is 74.6 cm³/mol. The lowest BCUT2D eigenvalue weighted by molar-refractivity contribution is -0.120. The summed E-state index contributed by atoms with van der Waals surface area (Å²) in [4.78, 5) is 22.7. The Balaban J connectivity index is 0.00000324. The van der Waals surface area contributed by atoms with E-state index in [2.05, 4.69) is 16.0 Å². The fourth-order valence-corrected chi connectivity index (χ4v) is 1.43. The van der Waals surface area contributed by atoms with Gasteiger partial charge in [0, 0.05) is 18.7 Å². The molecule has 0 aliphatic rings. The number of carbonyl (C=O) groups is 2. The van der Waals surface area contributed by atoms with Crippen LogP contribution in [0.4, 0.5) is 0 Å². The highest BCUT2D eigenvalue weighted by atomic mass is 35.5. The Morgan fingerprint density at radius 1 is 1.26 bits per heavy atom. The van der Waals surface area contributed by atoms with Gasteiger partial charge in [-0.2, -0.15) is 0 Å². The Morgan fingerprint density at radius 2 is 1.95 bits per heavy atom. The molecule has 0 fully saturated rings. The summed E-state index contributed by atoms with van der Waals surface area (Å²) in [6.07, 6.45) is 2.17. The van der Waals surface area contributed by atoms with E-state index in [-0.39, 0.29) is 24.2 Å². The summed E-state index contributed by atoms with van der Waals surface area (Å²) in [7, 11) is 1.71.